The molecule has 1 fully saturated rings. The summed E-state index contributed by atoms with van der Waals surface area (Å²) in [4.78, 5) is 25.4. The molecule has 0 radical (unpaired) electrons. The number of piperidine rings is 1. The van der Waals surface area contributed by atoms with Crippen molar-refractivity contribution in [1.29, 1.82) is 0 Å². The van der Waals surface area contributed by atoms with Crippen molar-refractivity contribution in [3.8, 4) is 0 Å². The number of carbonyl (C=O) groups excluding carboxylic acids is 2. The highest BCUT2D eigenvalue weighted by molar-refractivity contribution is 5.84. The lowest BCUT2D eigenvalue weighted by molar-refractivity contribution is -0.144. The molecule has 1 atom stereocenters. The maximum atomic E-state index is 11.9. The fourth-order valence-corrected chi connectivity index (χ4v) is 2.71. The van der Waals surface area contributed by atoms with Gasteiger partial charge in [-0.3, -0.25) is 14.5 Å². The molecule has 19 heavy (non-hydrogen) atoms. The number of likely N-dealkylation sites (tertiary alicyclic amines) is 1. The molecule has 0 bridgehead atoms. The van der Waals surface area contributed by atoms with Crippen LogP contribution in [-0.2, 0) is 14.3 Å². The molecule has 1 rings (SSSR count). The summed E-state index contributed by atoms with van der Waals surface area (Å²) in [5.74, 6) is -0.101. The fourth-order valence-electron chi connectivity index (χ4n) is 2.71. The Morgan fingerprint density at radius 1 is 1.21 bits per heavy atom. The number of esters is 1. The maximum Gasteiger partial charge on any atom is 0.306 e. The van der Waals surface area contributed by atoms with Crippen LogP contribution in [0.4, 0.5) is 0 Å². The molecule has 0 aromatic carbocycles. The molecule has 4 nitrogen and oxygen atoms in total. The van der Waals surface area contributed by atoms with Gasteiger partial charge >= 0.3 is 5.97 Å². The molecule has 4 heteroatoms. The molecule has 0 amide bonds. The molecule has 1 saturated heterocycles. The monoisotopic (exact) mass is 269 g/mol. The first-order valence-electron chi connectivity index (χ1n) is 7.58. The summed E-state index contributed by atoms with van der Waals surface area (Å²) in [5, 5.41) is 0. The van der Waals surface area contributed by atoms with Gasteiger partial charge in [-0.2, -0.15) is 0 Å². The number of carbonyl (C=O) groups is 2. The molecule has 1 aliphatic heterocycles. The zero-order valence-corrected chi connectivity index (χ0v) is 12.3. The van der Waals surface area contributed by atoms with E-state index in [1.54, 1.807) is 6.92 Å². The van der Waals surface area contributed by atoms with Crippen molar-refractivity contribution >= 4 is 11.8 Å². The van der Waals surface area contributed by atoms with Crippen LogP contribution < -0.4 is 0 Å². The highest BCUT2D eigenvalue weighted by Crippen LogP contribution is 2.20. The Bertz CT molecular complexity index is 289. The van der Waals surface area contributed by atoms with E-state index in [2.05, 4.69) is 11.8 Å². The Hall–Kier alpha value is -0.900. The normalized spacial score (nSPS) is 20.2. The van der Waals surface area contributed by atoms with Crippen molar-refractivity contribution in [1.82, 2.24) is 4.90 Å². The molecule has 0 aromatic heterocycles. The molecule has 1 heterocycles. The maximum absolute atomic E-state index is 11.9. The van der Waals surface area contributed by atoms with Crippen molar-refractivity contribution in [2.75, 3.05) is 19.7 Å². The first-order valence-corrected chi connectivity index (χ1v) is 7.58. The summed E-state index contributed by atoms with van der Waals surface area (Å²) in [6.45, 7) is 5.88. The molecule has 0 saturated carbocycles. The second kappa shape index (κ2) is 9.08. The van der Waals surface area contributed by atoms with Crippen molar-refractivity contribution in [2.45, 2.75) is 64.8 Å². The topological polar surface area (TPSA) is 46.6 Å². The van der Waals surface area contributed by atoms with Gasteiger partial charge < -0.3 is 4.74 Å². The molecule has 0 aromatic rings. The lowest BCUT2D eigenvalue weighted by Gasteiger charge is -2.35. The summed E-state index contributed by atoms with van der Waals surface area (Å²) in [6, 6.07) is 0.560. The molecular weight excluding hydrogens is 242 g/mol. The largest absolute Gasteiger partial charge is 0.466 e. The highest BCUT2D eigenvalue weighted by Gasteiger charge is 2.23. The molecule has 1 aliphatic rings. The fraction of sp³-hybridized carbons (Fsp3) is 0.867. The Balaban J connectivity index is 2.31. The number of hydrogen-bond donors (Lipinski definition) is 0. The lowest BCUT2D eigenvalue weighted by Crippen LogP contribution is -2.42. The standard InChI is InChI=1S/C15H27NO3/c1-3-7-13-8-5-6-11-16(13)12-14(17)9-10-15(18)19-4-2/h13H,3-12H2,1-2H3. The van der Waals surface area contributed by atoms with Crippen molar-refractivity contribution in [3.63, 3.8) is 0 Å². The van der Waals surface area contributed by atoms with Crippen LogP contribution in [0.1, 0.15) is 58.8 Å². The third-order valence-corrected chi connectivity index (χ3v) is 3.66. The SMILES string of the molecule is CCCC1CCCCN1CC(=O)CCC(=O)OCC. The van der Waals surface area contributed by atoms with E-state index >= 15 is 0 Å². The van der Waals surface area contributed by atoms with Crippen LogP contribution in [0.25, 0.3) is 0 Å². The van der Waals surface area contributed by atoms with E-state index in [1.807, 2.05) is 0 Å². The average molecular weight is 269 g/mol. The van der Waals surface area contributed by atoms with E-state index in [0.717, 1.165) is 13.0 Å². The van der Waals surface area contributed by atoms with E-state index in [-0.39, 0.29) is 18.2 Å². The molecule has 110 valence electrons. The van der Waals surface area contributed by atoms with E-state index in [9.17, 15) is 9.59 Å². The summed E-state index contributed by atoms with van der Waals surface area (Å²) in [7, 11) is 0. The number of hydrogen-bond acceptors (Lipinski definition) is 4. The third kappa shape index (κ3) is 6.19. The predicted molar refractivity (Wildman–Crippen MR) is 75.0 cm³/mol. The summed E-state index contributed by atoms with van der Waals surface area (Å²) in [6.07, 6.45) is 6.54. The minimum atomic E-state index is -0.264. The quantitative estimate of drug-likeness (QED) is 0.635. The molecule has 0 aliphatic carbocycles. The lowest BCUT2D eigenvalue weighted by atomic mass is 9.97. The van der Waals surface area contributed by atoms with Crippen LogP contribution >= 0.6 is 0 Å². The number of nitrogens with zero attached hydrogens (tertiary/aromatic N) is 1. The van der Waals surface area contributed by atoms with Gasteiger partial charge in [-0.15, -0.1) is 0 Å². The van der Waals surface area contributed by atoms with E-state index in [4.69, 9.17) is 4.74 Å². The summed E-state index contributed by atoms with van der Waals surface area (Å²) in [5.41, 5.74) is 0. The van der Waals surface area contributed by atoms with Crippen molar-refractivity contribution in [2.24, 2.45) is 0 Å². The Labute approximate surface area is 116 Å². The van der Waals surface area contributed by atoms with Crippen LogP contribution in [0.3, 0.4) is 0 Å². The van der Waals surface area contributed by atoms with Gasteiger partial charge in [0.2, 0.25) is 0 Å². The predicted octanol–water partition coefficient (Wildman–Crippen LogP) is 2.55. The smallest absolute Gasteiger partial charge is 0.306 e. The first kappa shape index (κ1) is 16.2. The molecule has 1 unspecified atom stereocenters. The number of ketones is 1. The summed E-state index contributed by atoms with van der Waals surface area (Å²) < 4.78 is 4.84. The van der Waals surface area contributed by atoms with Crippen molar-refractivity contribution < 1.29 is 14.3 Å². The van der Waals surface area contributed by atoms with Gasteiger partial charge in [0.25, 0.3) is 0 Å². The first-order chi connectivity index (χ1) is 9.17. The van der Waals surface area contributed by atoms with Crippen LogP contribution in [0.15, 0.2) is 0 Å². The van der Waals surface area contributed by atoms with Crippen LogP contribution in [-0.4, -0.2) is 42.4 Å². The average Bonchev–Trinajstić information content (AvgIpc) is 2.39. The summed E-state index contributed by atoms with van der Waals surface area (Å²) >= 11 is 0. The Morgan fingerprint density at radius 3 is 2.68 bits per heavy atom. The van der Waals surface area contributed by atoms with Crippen LogP contribution in [0.5, 0.6) is 0 Å². The number of Topliss-reactive ketones (excluding diaryl/α,β-unsaturated/α-hetero) is 1. The van der Waals surface area contributed by atoms with E-state index < -0.39 is 0 Å². The van der Waals surface area contributed by atoms with E-state index in [0.29, 0.717) is 25.6 Å². The minimum Gasteiger partial charge on any atom is -0.466 e. The number of ether oxygens (including phenoxy) is 1. The van der Waals surface area contributed by atoms with Gasteiger partial charge in [0.1, 0.15) is 5.78 Å². The van der Waals surface area contributed by atoms with Gasteiger partial charge in [-0.1, -0.05) is 19.8 Å². The Kier molecular flexibility index (Phi) is 7.72. The number of rotatable bonds is 8. The molecule has 0 N–H and O–H groups in total. The second-order valence-corrected chi connectivity index (χ2v) is 5.25. The van der Waals surface area contributed by atoms with E-state index in [1.165, 1.54) is 25.7 Å². The van der Waals surface area contributed by atoms with Crippen LogP contribution in [0, 0.1) is 0 Å². The van der Waals surface area contributed by atoms with Gasteiger partial charge in [0, 0.05) is 12.5 Å². The zero-order chi connectivity index (χ0) is 14.1. The highest BCUT2D eigenvalue weighted by atomic mass is 16.5. The van der Waals surface area contributed by atoms with Gasteiger partial charge in [-0.05, 0) is 32.7 Å². The second-order valence-electron chi connectivity index (χ2n) is 5.25. The molecular formula is C15H27NO3. The van der Waals surface area contributed by atoms with Crippen molar-refractivity contribution in [3.05, 3.63) is 0 Å². The minimum absolute atomic E-state index is 0.163. The van der Waals surface area contributed by atoms with Gasteiger partial charge in [-0.25, -0.2) is 0 Å². The van der Waals surface area contributed by atoms with Gasteiger partial charge in [0.05, 0.1) is 19.6 Å². The zero-order valence-electron chi connectivity index (χ0n) is 12.3. The van der Waals surface area contributed by atoms with Crippen LogP contribution in [0.2, 0.25) is 0 Å². The Morgan fingerprint density at radius 2 is 2.00 bits per heavy atom. The molecule has 0 spiro atoms. The third-order valence-electron chi connectivity index (χ3n) is 3.66. The van der Waals surface area contributed by atoms with Gasteiger partial charge in [0.15, 0.2) is 0 Å².